The number of ketones is 1. The molecule has 4 rings (SSSR count). The molecule has 0 amide bonds. The van der Waals surface area contributed by atoms with Gasteiger partial charge >= 0.3 is 0 Å². The number of allylic oxidation sites excluding steroid dienone is 2. The van der Waals surface area contributed by atoms with Crippen LogP contribution in [0.5, 0.6) is 11.5 Å². The van der Waals surface area contributed by atoms with Gasteiger partial charge in [-0.2, -0.15) is 0 Å². The van der Waals surface area contributed by atoms with Gasteiger partial charge in [0.1, 0.15) is 17.3 Å². The number of aliphatic hydroxyl groups excluding tert-OH is 1. The molecule has 176 valence electrons. The van der Waals surface area contributed by atoms with E-state index in [1.807, 2.05) is 13.0 Å². The van der Waals surface area contributed by atoms with E-state index in [0.29, 0.717) is 49.4 Å². The topological polar surface area (TPSA) is 55.8 Å². The number of hydrogen-bond donors (Lipinski definition) is 1. The Morgan fingerprint density at radius 3 is 2.48 bits per heavy atom. The van der Waals surface area contributed by atoms with Gasteiger partial charge in [0.25, 0.3) is 5.92 Å². The number of carbonyl (C=O) groups excluding carboxylic acids is 1. The van der Waals surface area contributed by atoms with E-state index in [9.17, 15) is 18.7 Å². The minimum Gasteiger partial charge on any atom is -0.512 e. The molecule has 1 fully saturated rings. The van der Waals surface area contributed by atoms with Crippen LogP contribution in [0, 0.1) is 5.41 Å². The minimum atomic E-state index is -3.01. The van der Waals surface area contributed by atoms with Crippen molar-refractivity contribution in [3.8, 4) is 11.5 Å². The maximum Gasteiger partial charge on any atom is 0.270 e. The van der Waals surface area contributed by atoms with E-state index >= 15 is 0 Å². The molecular weight excluding hydrogens is 450 g/mol. The molecule has 1 heterocycles. The second-order valence-corrected chi connectivity index (χ2v) is 9.43. The maximum atomic E-state index is 13.6. The van der Waals surface area contributed by atoms with E-state index in [1.165, 1.54) is 18.2 Å². The van der Waals surface area contributed by atoms with Gasteiger partial charge in [-0.1, -0.05) is 24.6 Å². The fourth-order valence-electron chi connectivity index (χ4n) is 4.70. The molecule has 0 atom stereocenters. The molecule has 2 aromatic carbocycles. The highest BCUT2D eigenvalue weighted by atomic mass is 35.5. The van der Waals surface area contributed by atoms with Crippen LogP contribution < -0.4 is 4.74 Å². The van der Waals surface area contributed by atoms with Crippen LogP contribution in [0.4, 0.5) is 8.78 Å². The quantitative estimate of drug-likeness (QED) is 0.494. The van der Waals surface area contributed by atoms with Gasteiger partial charge < -0.3 is 14.6 Å². The van der Waals surface area contributed by atoms with E-state index < -0.39 is 5.92 Å². The van der Waals surface area contributed by atoms with Crippen LogP contribution >= 0.6 is 11.6 Å². The summed E-state index contributed by atoms with van der Waals surface area (Å²) in [6, 6.07) is 9.16. The third-order valence-corrected chi connectivity index (χ3v) is 6.89. The lowest BCUT2D eigenvalue weighted by Gasteiger charge is -2.39. The van der Waals surface area contributed by atoms with Crippen LogP contribution in [-0.4, -0.2) is 24.1 Å². The van der Waals surface area contributed by atoms with E-state index in [4.69, 9.17) is 21.1 Å². The molecule has 1 spiro atoms. The van der Waals surface area contributed by atoms with Gasteiger partial charge in [-0.3, -0.25) is 4.79 Å². The zero-order chi connectivity index (χ0) is 23.8. The third kappa shape index (κ3) is 4.92. The summed E-state index contributed by atoms with van der Waals surface area (Å²) >= 11 is 6.19. The fraction of sp³-hybridized carbons (Fsp3) is 0.423. The largest absolute Gasteiger partial charge is 0.512 e. The number of aliphatic hydroxyl groups is 1. The van der Waals surface area contributed by atoms with Gasteiger partial charge in [0.2, 0.25) is 0 Å². The van der Waals surface area contributed by atoms with Crippen molar-refractivity contribution in [2.24, 2.45) is 5.41 Å². The number of benzene rings is 2. The molecule has 0 radical (unpaired) electrons. The number of hydrogen-bond acceptors (Lipinski definition) is 4. The fourth-order valence-corrected chi connectivity index (χ4v) is 4.92. The number of ether oxygens (including phenoxy) is 2. The minimum absolute atomic E-state index is 0.0624. The van der Waals surface area contributed by atoms with Crippen molar-refractivity contribution in [3.05, 3.63) is 63.9 Å². The highest BCUT2D eigenvalue weighted by Crippen LogP contribution is 2.47. The van der Waals surface area contributed by atoms with Crippen LogP contribution in [0.1, 0.15) is 56.2 Å². The Morgan fingerprint density at radius 1 is 1.15 bits per heavy atom. The lowest BCUT2D eigenvalue weighted by Crippen LogP contribution is -2.36. The lowest BCUT2D eigenvalue weighted by atomic mass is 9.67. The second kappa shape index (κ2) is 9.07. The molecule has 7 heteroatoms. The van der Waals surface area contributed by atoms with Crippen molar-refractivity contribution in [2.75, 3.05) is 13.2 Å². The second-order valence-electron chi connectivity index (χ2n) is 9.02. The predicted molar refractivity (Wildman–Crippen MR) is 123 cm³/mol. The smallest absolute Gasteiger partial charge is 0.270 e. The normalized spacial score (nSPS) is 18.6. The van der Waals surface area contributed by atoms with Crippen molar-refractivity contribution in [2.45, 2.75) is 51.9 Å². The molecule has 2 aliphatic rings. The van der Waals surface area contributed by atoms with Crippen LogP contribution in [0.25, 0.3) is 5.57 Å². The SMILES string of the molecule is CCc1ccc(Oc2ccc(C(C)(F)F)cc2Cl)cc1C1=C(O)CC2(CCOCC2)CC1=O. The summed E-state index contributed by atoms with van der Waals surface area (Å²) in [5.41, 5.74) is 1.44. The molecule has 4 nitrogen and oxygen atoms in total. The Hall–Kier alpha value is -2.44. The summed E-state index contributed by atoms with van der Waals surface area (Å²) in [5.74, 6) is -2.35. The number of Topliss-reactive ketones (excluding diaryl/α,β-unsaturated/α-hetero) is 1. The van der Waals surface area contributed by atoms with Gasteiger partial charge in [0.05, 0.1) is 10.6 Å². The van der Waals surface area contributed by atoms with Crippen molar-refractivity contribution < 1.29 is 28.2 Å². The van der Waals surface area contributed by atoms with Crippen molar-refractivity contribution in [1.82, 2.24) is 0 Å². The van der Waals surface area contributed by atoms with E-state index in [2.05, 4.69) is 0 Å². The van der Waals surface area contributed by atoms with Gasteiger partial charge in [-0.25, -0.2) is 8.78 Å². The summed E-state index contributed by atoms with van der Waals surface area (Å²) in [6.07, 6.45) is 3.00. The first-order valence-corrected chi connectivity index (χ1v) is 11.5. The maximum absolute atomic E-state index is 13.6. The van der Waals surface area contributed by atoms with Crippen LogP contribution in [0.15, 0.2) is 42.2 Å². The van der Waals surface area contributed by atoms with Gasteiger partial charge in [-0.15, -0.1) is 0 Å². The van der Waals surface area contributed by atoms with Crippen LogP contribution in [0.2, 0.25) is 5.02 Å². The molecule has 1 aliphatic carbocycles. The van der Waals surface area contributed by atoms with Crippen molar-refractivity contribution in [3.63, 3.8) is 0 Å². The monoisotopic (exact) mass is 476 g/mol. The third-order valence-electron chi connectivity index (χ3n) is 6.60. The molecule has 1 aliphatic heterocycles. The van der Waals surface area contributed by atoms with E-state index in [1.54, 1.807) is 12.1 Å². The molecule has 0 aromatic heterocycles. The molecule has 0 unspecified atom stereocenters. The molecule has 1 N–H and O–H groups in total. The molecule has 0 bridgehead atoms. The standard InChI is InChI=1S/C26H27ClF2O4/c1-3-16-4-6-18(33-23-7-5-17(12-20(23)27)25(2,28)29)13-19(16)24-21(30)14-26(15-22(24)31)8-10-32-11-9-26/h4-7,12-13,30H,3,8-11,14-15H2,1-2H3. The van der Waals surface area contributed by atoms with Gasteiger partial charge in [0, 0.05) is 38.5 Å². The van der Waals surface area contributed by atoms with Crippen LogP contribution in [-0.2, 0) is 21.9 Å². The molecule has 0 saturated carbocycles. The zero-order valence-corrected chi connectivity index (χ0v) is 19.5. The number of halogens is 3. The summed E-state index contributed by atoms with van der Waals surface area (Å²) in [7, 11) is 0. The zero-order valence-electron chi connectivity index (χ0n) is 18.7. The molecule has 33 heavy (non-hydrogen) atoms. The summed E-state index contributed by atoms with van der Waals surface area (Å²) in [6.45, 7) is 3.98. The first-order chi connectivity index (χ1) is 15.6. The molecule has 2 aromatic rings. The van der Waals surface area contributed by atoms with Crippen molar-refractivity contribution in [1.29, 1.82) is 0 Å². The van der Waals surface area contributed by atoms with E-state index in [0.717, 1.165) is 25.3 Å². The van der Waals surface area contributed by atoms with Crippen LogP contribution in [0.3, 0.4) is 0 Å². The Labute approximate surface area is 197 Å². The Kier molecular flexibility index (Phi) is 6.52. The van der Waals surface area contributed by atoms with E-state index in [-0.39, 0.29) is 33.3 Å². The first-order valence-electron chi connectivity index (χ1n) is 11.1. The molecule has 1 saturated heterocycles. The number of alkyl halides is 2. The predicted octanol–water partition coefficient (Wildman–Crippen LogP) is 7.24. The summed E-state index contributed by atoms with van der Waals surface area (Å²) < 4.78 is 38.5. The summed E-state index contributed by atoms with van der Waals surface area (Å²) in [4.78, 5) is 13.2. The average molecular weight is 477 g/mol. The Bertz CT molecular complexity index is 1100. The number of carbonyl (C=O) groups is 1. The highest BCUT2D eigenvalue weighted by molar-refractivity contribution is 6.32. The Morgan fingerprint density at radius 2 is 1.88 bits per heavy atom. The number of aryl methyl sites for hydroxylation is 1. The highest BCUT2D eigenvalue weighted by Gasteiger charge is 2.42. The van der Waals surface area contributed by atoms with Gasteiger partial charge in [-0.05, 0) is 66.1 Å². The number of rotatable bonds is 5. The summed E-state index contributed by atoms with van der Waals surface area (Å²) in [5, 5.41) is 11.0. The molecular formula is C26H27ClF2O4. The first kappa shape index (κ1) is 23.7. The Balaban J connectivity index is 1.67. The van der Waals surface area contributed by atoms with Gasteiger partial charge in [0.15, 0.2) is 5.78 Å². The lowest BCUT2D eigenvalue weighted by molar-refractivity contribution is -0.118. The van der Waals surface area contributed by atoms with Crippen molar-refractivity contribution >= 4 is 23.0 Å². The average Bonchev–Trinajstić information content (AvgIpc) is 2.74.